The van der Waals surface area contributed by atoms with E-state index in [9.17, 15) is 0 Å². The van der Waals surface area contributed by atoms with E-state index in [1.54, 1.807) is 0 Å². The molecule has 142 valence electrons. The van der Waals surface area contributed by atoms with Gasteiger partial charge in [-0.2, -0.15) is 0 Å². The fraction of sp³-hybridized carbons (Fsp3) is 0.364. The van der Waals surface area contributed by atoms with Gasteiger partial charge in [0, 0.05) is 37.9 Å². The topological polar surface area (TPSA) is 27.7 Å². The third kappa shape index (κ3) is 4.53. The fourth-order valence-corrected chi connectivity index (χ4v) is 3.98. The quantitative estimate of drug-likeness (QED) is 0.854. The highest BCUT2D eigenvalue weighted by Crippen LogP contribution is 2.28. The minimum atomic E-state index is 0.252. The van der Waals surface area contributed by atoms with Crippen LogP contribution in [0.2, 0.25) is 5.02 Å². The molecule has 1 atom stereocenters. The lowest BCUT2D eigenvalue weighted by Crippen LogP contribution is -2.37. The molecule has 0 aromatic heterocycles. The molecule has 2 aliphatic rings. The summed E-state index contributed by atoms with van der Waals surface area (Å²) in [7, 11) is 2.05. The van der Waals surface area contributed by atoms with Gasteiger partial charge in [-0.25, -0.2) is 5.43 Å². The van der Waals surface area contributed by atoms with Crippen molar-refractivity contribution in [3.8, 4) is 0 Å². The summed E-state index contributed by atoms with van der Waals surface area (Å²) in [6.45, 7) is 4.67. The van der Waals surface area contributed by atoms with Gasteiger partial charge in [-0.3, -0.25) is 4.90 Å². The molecule has 0 amide bonds. The van der Waals surface area contributed by atoms with E-state index in [1.165, 1.54) is 22.3 Å². The summed E-state index contributed by atoms with van der Waals surface area (Å²) in [6, 6.07) is 17.2. The van der Waals surface area contributed by atoms with E-state index in [-0.39, 0.29) is 6.04 Å². The summed E-state index contributed by atoms with van der Waals surface area (Å²) in [6.07, 6.45) is 3.14. The van der Waals surface area contributed by atoms with Crippen molar-refractivity contribution < 1.29 is 4.74 Å². The van der Waals surface area contributed by atoms with E-state index < -0.39 is 0 Å². The molecule has 2 aromatic rings. The summed E-state index contributed by atoms with van der Waals surface area (Å²) in [4.78, 5) is 2.48. The zero-order valence-electron chi connectivity index (χ0n) is 15.7. The standard InChI is InChI=1S/C22H26ClN3O/c1-25-16-21(17-6-8-20(23)9-7-17)22(24-25)14-18-4-2-3-5-19(18)15-26-10-12-27-13-11-26/h2-9,16,22,24H,10-15H2,1H3. The van der Waals surface area contributed by atoms with E-state index in [4.69, 9.17) is 16.3 Å². The molecule has 5 heteroatoms. The molecule has 1 N–H and O–H groups in total. The third-order valence-electron chi connectivity index (χ3n) is 5.29. The Labute approximate surface area is 166 Å². The fourth-order valence-electron chi connectivity index (χ4n) is 3.86. The van der Waals surface area contributed by atoms with Crippen LogP contribution in [0.5, 0.6) is 0 Å². The number of rotatable bonds is 5. The van der Waals surface area contributed by atoms with E-state index >= 15 is 0 Å². The van der Waals surface area contributed by atoms with Crippen LogP contribution in [-0.4, -0.2) is 49.3 Å². The van der Waals surface area contributed by atoms with E-state index in [1.807, 2.05) is 12.1 Å². The van der Waals surface area contributed by atoms with Crippen LogP contribution in [0.15, 0.2) is 54.7 Å². The number of benzene rings is 2. The number of hydrogen-bond donors (Lipinski definition) is 1. The SMILES string of the molecule is CN1C=C(c2ccc(Cl)cc2)C(Cc2ccccc2CN2CCOCC2)N1. The van der Waals surface area contributed by atoms with Crippen molar-refractivity contribution in [3.63, 3.8) is 0 Å². The highest BCUT2D eigenvalue weighted by molar-refractivity contribution is 6.30. The Morgan fingerprint density at radius 2 is 1.74 bits per heavy atom. The van der Waals surface area contributed by atoms with Gasteiger partial charge >= 0.3 is 0 Å². The number of morpholine rings is 1. The zero-order valence-corrected chi connectivity index (χ0v) is 16.5. The summed E-state index contributed by atoms with van der Waals surface area (Å²) in [5.41, 5.74) is 8.89. The summed E-state index contributed by atoms with van der Waals surface area (Å²) >= 11 is 6.07. The molecule has 0 aliphatic carbocycles. The van der Waals surface area contributed by atoms with Gasteiger partial charge in [-0.15, -0.1) is 0 Å². The molecule has 4 rings (SSSR count). The van der Waals surface area contributed by atoms with Crippen molar-refractivity contribution in [2.24, 2.45) is 0 Å². The van der Waals surface area contributed by atoms with Crippen LogP contribution in [0.1, 0.15) is 16.7 Å². The molecule has 2 aromatic carbocycles. The maximum absolute atomic E-state index is 6.07. The average Bonchev–Trinajstić information content (AvgIpc) is 3.05. The Morgan fingerprint density at radius 1 is 1.04 bits per heavy atom. The molecule has 1 fully saturated rings. The first kappa shape index (κ1) is 18.5. The van der Waals surface area contributed by atoms with Gasteiger partial charge in [0.2, 0.25) is 0 Å². The van der Waals surface area contributed by atoms with Gasteiger partial charge in [0.15, 0.2) is 0 Å². The van der Waals surface area contributed by atoms with Gasteiger partial charge in [0.05, 0.1) is 19.3 Å². The Balaban J connectivity index is 1.52. The van der Waals surface area contributed by atoms with Crippen LogP contribution >= 0.6 is 11.6 Å². The first-order valence-electron chi connectivity index (χ1n) is 9.52. The molecule has 1 saturated heterocycles. The third-order valence-corrected chi connectivity index (χ3v) is 5.54. The second kappa shape index (κ2) is 8.44. The number of halogens is 1. The minimum absolute atomic E-state index is 0.252. The maximum Gasteiger partial charge on any atom is 0.0594 e. The van der Waals surface area contributed by atoms with Crippen LogP contribution < -0.4 is 5.43 Å². The van der Waals surface area contributed by atoms with Gasteiger partial charge in [-0.05, 0) is 40.8 Å². The molecular formula is C22H26ClN3O. The predicted octanol–water partition coefficient (Wildman–Crippen LogP) is 3.57. The number of ether oxygens (including phenoxy) is 1. The lowest BCUT2D eigenvalue weighted by atomic mass is 9.93. The van der Waals surface area contributed by atoms with Gasteiger partial charge in [-0.1, -0.05) is 48.0 Å². The second-order valence-electron chi connectivity index (χ2n) is 7.25. The normalized spacial score (nSPS) is 20.7. The number of nitrogens with zero attached hydrogens (tertiary/aromatic N) is 2. The molecule has 0 spiro atoms. The molecule has 0 radical (unpaired) electrons. The van der Waals surface area contributed by atoms with Gasteiger partial charge in [0.1, 0.15) is 0 Å². The lowest BCUT2D eigenvalue weighted by Gasteiger charge is -2.28. The summed E-state index contributed by atoms with van der Waals surface area (Å²) < 4.78 is 5.48. The Bertz CT molecular complexity index is 799. The molecule has 0 bridgehead atoms. The summed E-state index contributed by atoms with van der Waals surface area (Å²) in [5, 5.41) is 2.82. The first-order chi connectivity index (χ1) is 13.2. The van der Waals surface area contributed by atoms with Crippen LogP contribution in [0.3, 0.4) is 0 Å². The number of nitrogens with one attached hydrogen (secondary N) is 1. The van der Waals surface area contributed by atoms with Gasteiger partial charge < -0.3 is 9.75 Å². The Morgan fingerprint density at radius 3 is 2.48 bits per heavy atom. The van der Waals surface area contributed by atoms with Crippen LogP contribution in [0.25, 0.3) is 5.57 Å². The molecule has 27 heavy (non-hydrogen) atoms. The van der Waals surface area contributed by atoms with Crippen molar-refractivity contribution in [2.45, 2.75) is 19.0 Å². The van der Waals surface area contributed by atoms with Crippen LogP contribution in [0.4, 0.5) is 0 Å². The van der Waals surface area contributed by atoms with Crippen molar-refractivity contribution in [1.82, 2.24) is 15.3 Å². The van der Waals surface area contributed by atoms with Crippen molar-refractivity contribution in [2.75, 3.05) is 33.4 Å². The maximum atomic E-state index is 6.07. The average molecular weight is 384 g/mol. The highest BCUT2D eigenvalue weighted by Gasteiger charge is 2.24. The summed E-state index contributed by atoms with van der Waals surface area (Å²) in [5.74, 6) is 0. The van der Waals surface area contributed by atoms with E-state index in [0.717, 1.165) is 44.3 Å². The van der Waals surface area contributed by atoms with Crippen LogP contribution in [0, 0.1) is 0 Å². The largest absolute Gasteiger partial charge is 0.379 e. The molecule has 1 unspecified atom stereocenters. The zero-order chi connectivity index (χ0) is 18.6. The van der Waals surface area contributed by atoms with Crippen LogP contribution in [-0.2, 0) is 17.7 Å². The van der Waals surface area contributed by atoms with Crippen molar-refractivity contribution in [3.05, 3.63) is 76.4 Å². The van der Waals surface area contributed by atoms with Crippen molar-refractivity contribution in [1.29, 1.82) is 0 Å². The number of hydrazine groups is 1. The van der Waals surface area contributed by atoms with Gasteiger partial charge in [0.25, 0.3) is 0 Å². The monoisotopic (exact) mass is 383 g/mol. The van der Waals surface area contributed by atoms with E-state index in [0.29, 0.717) is 0 Å². The highest BCUT2D eigenvalue weighted by atomic mass is 35.5. The van der Waals surface area contributed by atoms with E-state index in [2.05, 4.69) is 65.0 Å². The van der Waals surface area contributed by atoms with Crippen molar-refractivity contribution >= 4 is 17.2 Å². The smallest absolute Gasteiger partial charge is 0.0594 e. The molecule has 0 saturated carbocycles. The second-order valence-corrected chi connectivity index (χ2v) is 7.68. The molecule has 4 nitrogen and oxygen atoms in total. The minimum Gasteiger partial charge on any atom is -0.379 e. The lowest BCUT2D eigenvalue weighted by molar-refractivity contribution is 0.0340. The molecule has 2 heterocycles. The number of hydrogen-bond acceptors (Lipinski definition) is 4. The molecular weight excluding hydrogens is 358 g/mol. The predicted molar refractivity (Wildman–Crippen MR) is 110 cm³/mol. The first-order valence-corrected chi connectivity index (χ1v) is 9.90. The Kier molecular flexibility index (Phi) is 5.79. The Hall–Kier alpha value is -1.85. The molecule has 2 aliphatic heterocycles.